The predicted octanol–water partition coefficient (Wildman–Crippen LogP) is 1.86. The molecule has 0 spiro atoms. The van der Waals surface area contributed by atoms with Gasteiger partial charge in [-0.2, -0.15) is 0 Å². The number of carbonyl (C=O) groups excluding carboxylic acids is 1. The molecule has 1 unspecified atom stereocenters. The van der Waals surface area contributed by atoms with E-state index >= 15 is 4.39 Å². The van der Waals surface area contributed by atoms with Crippen molar-refractivity contribution in [3.05, 3.63) is 41.3 Å². The topological polar surface area (TPSA) is 254 Å². The summed E-state index contributed by atoms with van der Waals surface area (Å²) >= 11 is 8.02. The van der Waals surface area contributed by atoms with Gasteiger partial charge in [0.1, 0.15) is 48.8 Å². The Morgan fingerprint density at radius 1 is 1.06 bits per heavy atom. The van der Waals surface area contributed by atoms with Crippen LogP contribution in [0.15, 0.2) is 30.0 Å². The second-order valence-electron chi connectivity index (χ2n) is 11.5. The van der Waals surface area contributed by atoms with Gasteiger partial charge in [0.25, 0.3) is 5.56 Å². The molecule has 3 saturated heterocycles. The summed E-state index contributed by atoms with van der Waals surface area (Å²) in [5.74, 6) is -1.04. The van der Waals surface area contributed by atoms with Crippen molar-refractivity contribution in [2.45, 2.75) is 49.1 Å². The standard InChI is InChI=1S/C25H29F2N9O12P2S2/c1-28-2-3-42-25(39)34-19-15-21(31-7-29-19)36(9-33-15)23-14(27)17-12(46-23)6-44-50(41,52)48-18-16(37)11(5-43-49(40,51)47-17)45-24(18)35-4-10(26)13-20(35)30-8-32-22(13)38/h4,7-9,11-12,14,16-18,23-24,28,37H,2-3,5-6H2,1H3,(H,40,51)(H,41,52)(H,30,32,38)(H,29,31,34,39)/t11?,12-,14-,16-,17-,18-,23-,24-,49-,50-/m1/s1. The fraction of sp³-hybridized carbons (Fsp3) is 0.520. The third-order valence-corrected chi connectivity index (χ3v) is 11.4. The van der Waals surface area contributed by atoms with Crippen molar-refractivity contribution in [1.29, 1.82) is 0 Å². The molecule has 52 heavy (non-hydrogen) atoms. The van der Waals surface area contributed by atoms with Crippen LogP contribution in [-0.4, -0.2) is 115 Å². The number of hydrogen-bond acceptors (Lipinski definition) is 17. The Kier molecular flexibility index (Phi) is 10.5. The minimum Gasteiger partial charge on any atom is -0.448 e. The van der Waals surface area contributed by atoms with Gasteiger partial charge < -0.3 is 34.2 Å². The Balaban J connectivity index is 1.15. The quantitative estimate of drug-likeness (QED) is 0.0923. The molecule has 3 aliphatic rings. The number of aromatic nitrogens is 7. The number of alkyl halides is 1. The average Bonchev–Trinajstić information content (AvgIpc) is 3.83. The molecule has 7 heterocycles. The number of anilines is 1. The largest absolute Gasteiger partial charge is 0.448 e. The van der Waals surface area contributed by atoms with Gasteiger partial charge >= 0.3 is 19.7 Å². The van der Waals surface area contributed by atoms with E-state index in [0.717, 1.165) is 34.3 Å². The van der Waals surface area contributed by atoms with E-state index < -0.39 is 98.8 Å². The average molecular weight is 812 g/mol. The van der Waals surface area contributed by atoms with Crippen LogP contribution >= 0.6 is 38.1 Å². The van der Waals surface area contributed by atoms with Crippen LogP contribution in [0.25, 0.3) is 22.2 Å². The van der Waals surface area contributed by atoms with E-state index in [-0.39, 0.29) is 29.2 Å². The number of fused-ring (bicyclic) bond motifs is 5. The molecule has 10 atom stereocenters. The molecule has 4 aromatic rings. The third-order valence-electron chi connectivity index (χ3n) is 8.18. The minimum absolute atomic E-state index is 0.00982. The third kappa shape index (κ3) is 7.24. The molecule has 0 aromatic carbocycles. The van der Waals surface area contributed by atoms with Crippen molar-refractivity contribution in [3.63, 3.8) is 0 Å². The molecule has 3 fully saturated rings. The highest BCUT2D eigenvalue weighted by atomic mass is 32.7. The van der Waals surface area contributed by atoms with Crippen LogP contribution in [0.3, 0.4) is 0 Å². The number of likely N-dealkylation sites (N-methyl/N-ethyl adjacent to an activating group) is 1. The van der Waals surface area contributed by atoms with E-state index in [1.54, 1.807) is 7.05 Å². The molecule has 0 saturated carbocycles. The van der Waals surface area contributed by atoms with Gasteiger partial charge in [-0.1, -0.05) is 24.5 Å². The van der Waals surface area contributed by atoms with Crippen LogP contribution in [0.2, 0.25) is 0 Å². The van der Waals surface area contributed by atoms with Crippen LogP contribution < -0.4 is 16.2 Å². The highest BCUT2D eigenvalue weighted by Crippen LogP contribution is 2.60. The summed E-state index contributed by atoms with van der Waals surface area (Å²) in [6, 6.07) is 0. The first-order chi connectivity index (χ1) is 24.8. The maximum atomic E-state index is 16.3. The molecule has 0 radical (unpaired) electrons. The lowest BCUT2D eigenvalue weighted by molar-refractivity contribution is -0.0568. The zero-order valence-electron chi connectivity index (χ0n) is 26.4. The molecule has 4 aromatic heterocycles. The number of aliphatic hydroxyl groups is 1. The molecule has 4 N–H and O–H groups in total. The summed E-state index contributed by atoms with van der Waals surface area (Å²) in [7, 11) is 1.68. The fourth-order valence-corrected chi connectivity index (χ4v) is 8.77. The maximum Gasteiger partial charge on any atom is 0.412 e. The van der Waals surface area contributed by atoms with Crippen molar-refractivity contribution in [3.8, 4) is 0 Å². The summed E-state index contributed by atoms with van der Waals surface area (Å²) in [6.45, 7) is -10.0. The van der Waals surface area contributed by atoms with E-state index in [0.29, 0.717) is 6.54 Å². The summed E-state index contributed by atoms with van der Waals surface area (Å²) in [4.78, 5) is 43.1. The zero-order chi connectivity index (χ0) is 36.9. The first kappa shape index (κ1) is 37.3. The van der Waals surface area contributed by atoms with Gasteiger partial charge in [0.2, 0.25) is 0 Å². The van der Waals surface area contributed by atoms with Gasteiger partial charge in [0.05, 0.1) is 25.9 Å². The smallest absolute Gasteiger partial charge is 0.412 e. The van der Waals surface area contributed by atoms with Gasteiger partial charge in [0, 0.05) is 12.7 Å². The maximum absolute atomic E-state index is 16.3. The Labute approximate surface area is 300 Å². The first-order valence-electron chi connectivity index (χ1n) is 15.2. The monoisotopic (exact) mass is 811 g/mol. The second kappa shape index (κ2) is 14.6. The molecule has 0 aliphatic carbocycles. The highest BCUT2D eigenvalue weighted by molar-refractivity contribution is 8.44. The zero-order valence-corrected chi connectivity index (χ0v) is 30.0. The fourth-order valence-electron chi connectivity index (χ4n) is 5.83. The predicted molar refractivity (Wildman–Crippen MR) is 178 cm³/mol. The van der Waals surface area contributed by atoms with Crippen molar-refractivity contribution >= 4 is 72.2 Å². The van der Waals surface area contributed by atoms with Crippen LogP contribution in [0, 0.1) is 5.82 Å². The number of thiol groups is 2. The SMILES string of the molecule is CNCCOC(=O)Nc1ncnc2c1ncn2[C@@H]1O[C@@H]2CO[P@@](=O)(S)O[C@@H]3[C@H](O)C(CO[P@@](=O)(S)O[C@H]2[C@H]1F)O[C@H]3n1cc(F)c2c(=O)[nH]cnc21. The lowest BCUT2D eigenvalue weighted by Crippen LogP contribution is -2.35. The van der Waals surface area contributed by atoms with Gasteiger partial charge in [-0.15, -0.1) is 0 Å². The summed E-state index contributed by atoms with van der Waals surface area (Å²) in [5, 5.41) is 16.0. The number of hydrogen-bond donors (Lipinski definition) is 6. The van der Waals surface area contributed by atoms with Crippen molar-refractivity contribution < 1.29 is 60.1 Å². The summed E-state index contributed by atoms with van der Waals surface area (Å²) in [5.41, 5.74) is -0.964. The van der Waals surface area contributed by atoms with E-state index in [4.69, 9.17) is 32.3 Å². The number of imidazole rings is 1. The summed E-state index contributed by atoms with van der Waals surface area (Å²) < 4.78 is 99.2. The Morgan fingerprint density at radius 2 is 1.77 bits per heavy atom. The van der Waals surface area contributed by atoms with Crippen LogP contribution in [-0.2, 0) is 41.4 Å². The molecular formula is C25H29F2N9O12P2S2. The number of amides is 1. The normalized spacial score (nSPS) is 34.0. The van der Waals surface area contributed by atoms with Crippen LogP contribution in [0.1, 0.15) is 12.5 Å². The van der Waals surface area contributed by atoms with Crippen molar-refractivity contribution in [1.82, 2.24) is 39.4 Å². The van der Waals surface area contributed by atoms with Gasteiger partial charge in [0.15, 0.2) is 47.1 Å². The number of nitrogens with zero attached hydrogens (tertiary/aromatic N) is 6. The molecule has 7 rings (SSSR count). The van der Waals surface area contributed by atoms with Crippen LogP contribution in [0.5, 0.6) is 0 Å². The summed E-state index contributed by atoms with van der Waals surface area (Å²) in [6.07, 6.45) is -9.89. The molecule has 27 heteroatoms. The number of nitrogens with one attached hydrogen (secondary N) is 3. The molecule has 3 aliphatic heterocycles. The lowest BCUT2D eigenvalue weighted by Gasteiger charge is -2.26. The van der Waals surface area contributed by atoms with E-state index in [9.17, 15) is 28.2 Å². The Bertz CT molecular complexity index is 2150. The number of carbonyl (C=O) groups is 1. The second-order valence-corrected chi connectivity index (χ2v) is 17.2. The number of aliphatic hydroxyl groups excluding tert-OH is 1. The van der Waals surface area contributed by atoms with E-state index in [2.05, 4.69) is 60.1 Å². The number of ether oxygens (including phenoxy) is 3. The molecule has 2 bridgehead atoms. The Morgan fingerprint density at radius 3 is 2.52 bits per heavy atom. The number of aromatic amines is 1. The minimum atomic E-state index is -4.53. The molecule has 282 valence electrons. The van der Waals surface area contributed by atoms with E-state index in [1.807, 2.05) is 0 Å². The number of halogens is 2. The Hall–Kier alpha value is -3.06. The van der Waals surface area contributed by atoms with Crippen molar-refractivity contribution in [2.24, 2.45) is 0 Å². The van der Waals surface area contributed by atoms with Crippen LogP contribution in [0.4, 0.5) is 19.4 Å². The van der Waals surface area contributed by atoms with Gasteiger partial charge in [-0.05, 0) is 7.05 Å². The number of H-pyrrole nitrogens is 1. The van der Waals surface area contributed by atoms with Gasteiger partial charge in [-0.3, -0.25) is 32.8 Å². The first-order valence-corrected chi connectivity index (χ1v) is 20.6. The molecule has 21 nitrogen and oxygen atoms in total. The van der Waals surface area contributed by atoms with Gasteiger partial charge in [-0.25, -0.2) is 42.6 Å². The number of rotatable bonds is 6. The highest BCUT2D eigenvalue weighted by Gasteiger charge is 2.54. The lowest BCUT2D eigenvalue weighted by atomic mass is 10.1. The molecule has 1 amide bonds. The van der Waals surface area contributed by atoms with Crippen molar-refractivity contribution in [2.75, 3.05) is 38.7 Å². The molecular weight excluding hydrogens is 782 g/mol. The van der Waals surface area contributed by atoms with E-state index in [1.165, 1.54) is 0 Å².